The highest BCUT2D eigenvalue weighted by Gasteiger charge is 2.18. The molecule has 1 aliphatic heterocycles. The molecular formula is C27H33NO2. The van der Waals surface area contributed by atoms with Gasteiger partial charge in [0, 0.05) is 36.8 Å². The van der Waals surface area contributed by atoms with E-state index in [-0.39, 0.29) is 5.78 Å². The highest BCUT2D eigenvalue weighted by Crippen LogP contribution is 2.30. The molecule has 0 amide bonds. The summed E-state index contributed by atoms with van der Waals surface area (Å²) in [6.45, 7) is 4.56. The first kappa shape index (κ1) is 20.7. The summed E-state index contributed by atoms with van der Waals surface area (Å²) in [4.78, 5) is 14.8. The quantitative estimate of drug-likeness (QED) is 0.577. The van der Waals surface area contributed by atoms with Crippen molar-refractivity contribution >= 4 is 17.2 Å². The molecule has 2 aromatic rings. The molecule has 2 aromatic carbocycles. The Balaban J connectivity index is 1.48. The third-order valence-corrected chi connectivity index (χ3v) is 6.42. The summed E-state index contributed by atoms with van der Waals surface area (Å²) in [7, 11) is 0. The Morgan fingerprint density at radius 2 is 1.80 bits per heavy atom. The monoisotopic (exact) mass is 403 g/mol. The van der Waals surface area contributed by atoms with Crippen molar-refractivity contribution in [3.05, 3.63) is 65.7 Å². The molecule has 0 bridgehead atoms. The van der Waals surface area contributed by atoms with Crippen LogP contribution in [0.25, 0.3) is 5.76 Å². The van der Waals surface area contributed by atoms with Crippen LogP contribution in [0.1, 0.15) is 63.0 Å². The van der Waals surface area contributed by atoms with E-state index in [1.807, 2.05) is 18.2 Å². The first-order chi connectivity index (χ1) is 14.7. The van der Waals surface area contributed by atoms with E-state index in [2.05, 4.69) is 42.2 Å². The Kier molecular flexibility index (Phi) is 6.88. The van der Waals surface area contributed by atoms with Crippen molar-refractivity contribution in [1.82, 2.24) is 0 Å². The van der Waals surface area contributed by atoms with Gasteiger partial charge in [0.1, 0.15) is 11.5 Å². The fraction of sp³-hybridized carbons (Fsp3) is 0.444. The van der Waals surface area contributed by atoms with Crippen LogP contribution >= 0.6 is 0 Å². The predicted octanol–water partition coefficient (Wildman–Crippen LogP) is 6.42. The molecule has 4 rings (SSSR count). The molecule has 30 heavy (non-hydrogen) atoms. The van der Waals surface area contributed by atoms with Crippen LogP contribution in [0.2, 0.25) is 0 Å². The zero-order chi connectivity index (χ0) is 20.8. The average molecular weight is 404 g/mol. The molecule has 0 saturated carbocycles. The predicted molar refractivity (Wildman–Crippen MR) is 124 cm³/mol. The molecule has 0 spiro atoms. The molecule has 1 unspecified atom stereocenters. The Labute approximate surface area is 180 Å². The SMILES string of the molecule is CCCC1CCCN(c2ccc(OC3=CC(=O)CCCc4ccccc43)cc2)CC1. The van der Waals surface area contributed by atoms with E-state index < -0.39 is 0 Å². The van der Waals surface area contributed by atoms with Crippen LogP contribution in [-0.2, 0) is 11.2 Å². The molecule has 1 saturated heterocycles. The minimum absolute atomic E-state index is 0.141. The molecule has 2 aliphatic rings. The molecule has 1 aliphatic carbocycles. The van der Waals surface area contributed by atoms with E-state index in [1.54, 1.807) is 6.08 Å². The van der Waals surface area contributed by atoms with Gasteiger partial charge in [-0.1, -0.05) is 44.0 Å². The second-order valence-electron chi connectivity index (χ2n) is 8.65. The molecule has 0 N–H and O–H groups in total. The average Bonchev–Trinajstić information content (AvgIpc) is 2.99. The lowest BCUT2D eigenvalue weighted by Gasteiger charge is -2.23. The van der Waals surface area contributed by atoms with Gasteiger partial charge in [-0.15, -0.1) is 0 Å². The Morgan fingerprint density at radius 1 is 0.967 bits per heavy atom. The van der Waals surface area contributed by atoms with Crippen LogP contribution < -0.4 is 9.64 Å². The lowest BCUT2D eigenvalue weighted by molar-refractivity contribution is -0.114. The lowest BCUT2D eigenvalue weighted by atomic mass is 9.96. The summed E-state index contributed by atoms with van der Waals surface area (Å²) >= 11 is 0. The molecule has 1 fully saturated rings. The van der Waals surface area contributed by atoms with Gasteiger partial charge in [-0.3, -0.25) is 4.79 Å². The number of allylic oxidation sites excluding steroid dienone is 1. The van der Waals surface area contributed by atoms with Crippen LogP contribution in [0.5, 0.6) is 5.75 Å². The van der Waals surface area contributed by atoms with E-state index >= 15 is 0 Å². The van der Waals surface area contributed by atoms with Crippen LogP contribution in [0, 0.1) is 5.92 Å². The van der Waals surface area contributed by atoms with Gasteiger partial charge in [-0.2, -0.15) is 0 Å². The van der Waals surface area contributed by atoms with Crippen molar-refractivity contribution in [1.29, 1.82) is 0 Å². The largest absolute Gasteiger partial charge is 0.457 e. The summed E-state index contributed by atoms with van der Waals surface area (Å²) in [6.07, 6.45) is 10.6. The molecular weight excluding hydrogens is 370 g/mol. The minimum Gasteiger partial charge on any atom is -0.457 e. The van der Waals surface area contributed by atoms with Crippen LogP contribution in [0.15, 0.2) is 54.6 Å². The first-order valence-electron chi connectivity index (χ1n) is 11.6. The van der Waals surface area contributed by atoms with Crippen LogP contribution in [0.4, 0.5) is 5.69 Å². The summed E-state index contributed by atoms with van der Waals surface area (Å²) in [5.41, 5.74) is 3.55. The number of hydrogen-bond donors (Lipinski definition) is 0. The van der Waals surface area contributed by atoms with Crippen molar-refractivity contribution < 1.29 is 9.53 Å². The van der Waals surface area contributed by atoms with Crippen molar-refractivity contribution in [2.24, 2.45) is 5.92 Å². The van der Waals surface area contributed by atoms with E-state index in [1.165, 1.54) is 43.4 Å². The molecule has 3 heteroatoms. The Hall–Kier alpha value is -2.55. The molecule has 158 valence electrons. The van der Waals surface area contributed by atoms with Gasteiger partial charge >= 0.3 is 0 Å². The molecule has 3 nitrogen and oxygen atoms in total. The van der Waals surface area contributed by atoms with Crippen molar-refractivity contribution in [2.45, 2.75) is 58.3 Å². The van der Waals surface area contributed by atoms with E-state index in [0.29, 0.717) is 12.2 Å². The second kappa shape index (κ2) is 9.97. The summed E-state index contributed by atoms with van der Waals surface area (Å²) < 4.78 is 6.23. The van der Waals surface area contributed by atoms with Gasteiger partial charge in [0.05, 0.1) is 0 Å². The number of hydrogen-bond acceptors (Lipinski definition) is 3. The second-order valence-corrected chi connectivity index (χ2v) is 8.65. The smallest absolute Gasteiger partial charge is 0.159 e. The third kappa shape index (κ3) is 5.13. The normalized spacial score (nSPS) is 19.9. The zero-order valence-corrected chi connectivity index (χ0v) is 18.1. The first-order valence-corrected chi connectivity index (χ1v) is 11.6. The van der Waals surface area contributed by atoms with Crippen LogP contribution in [0.3, 0.4) is 0 Å². The van der Waals surface area contributed by atoms with E-state index in [4.69, 9.17) is 4.74 Å². The van der Waals surface area contributed by atoms with Gasteiger partial charge in [0.15, 0.2) is 5.78 Å². The summed E-state index contributed by atoms with van der Waals surface area (Å²) in [5, 5.41) is 0. The zero-order valence-electron chi connectivity index (χ0n) is 18.1. The Bertz CT molecular complexity index is 884. The lowest BCUT2D eigenvalue weighted by Crippen LogP contribution is -2.24. The topological polar surface area (TPSA) is 29.5 Å². The maximum Gasteiger partial charge on any atom is 0.159 e. The number of rotatable bonds is 5. The standard InChI is InChI=1S/C27H33NO2/c1-2-7-21-8-6-18-28(19-17-21)23-13-15-25(16-14-23)30-27-20-24(29)11-5-10-22-9-3-4-12-26(22)27/h3-4,9,12-16,20-21H,2,5-8,10-11,17-19H2,1H3. The number of benzene rings is 2. The highest BCUT2D eigenvalue weighted by molar-refractivity contribution is 5.96. The number of nitrogens with zero attached hydrogens (tertiary/aromatic N) is 1. The fourth-order valence-corrected chi connectivity index (χ4v) is 4.78. The third-order valence-electron chi connectivity index (χ3n) is 6.42. The number of anilines is 1. The van der Waals surface area contributed by atoms with Gasteiger partial charge in [-0.25, -0.2) is 0 Å². The van der Waals surface area contributed by atoms with Gasteiger partial charge in [0.2, 0.25) is 0 Å². The number of ketones is 1. The van der Waals surface area contributed by atoms with Crippen molar-refractivity contribution in [3.63, 3.8) is 0 Å². The number of fused-ring (bicyclic) bond motifs is 1. The summed E-state index contributed by atoms with van der Waals surface area (Å²) in [6, 6.07) is 16.7. The van der Waals surface area contributed by atoms with Crippen molar-refractivity contribution in [2.75, 3.05) is 18.0 Å². The number of carbonyl (C=O) groups excluding carboxylic acids is 1. The minimum atomic E-state index is 0.141. The number of carbonyl (C=O) groups is 1. The molecule has 0 radical (unpaired) electrons. The van der Waals surface area contributed by atoms with Gasteiger partial charge < -0.3 is 9.64 Å². The number of ether oxygens (including phenoxy) is 1. The van der Waals surface area contributed by atoms with Gasteiger partial charge in [0.25, 0.3) is 0 Å². The maximum absolute atomic E-state index is 12.2. The van der Waals surface area contributed by atoms with E-state index in [9.17, 15) is 4.79 Å². The molecule has 1 atom stereocenters. The Morgan fingerprint density at radius 3 is 2.63 bits per heavy atom. The number of aryl methyl sites for hydroxylation is 1. The van der Waals surface area contributed by atoms with Gasteiger partial charge in [-0.05, 0) is 67.9 Å². The van der Waals surface area contributed by atoms with Crippen molar-refractivity contribution in [3.8, 4) is 5.75 Å². The molecule has 0 aromatic heterocycles. The maximum atomic E-state index is 12.2. The van der Waals surface area contributed by atoms with Crippen LogP contribution in [-0.4, -0.2) is 18.9 Å². The van der Waals surface area contributed by atoms with E-state index in [0.717, 1.165) is 43.2 Å². The summed E-state index contributed by atoms with van der Waals surface area (Å²) in [5.74, 6) is 2.47. The fourth-order valence-electron chi connectivity index (χ4n) is 4.78. The highest BCUT2D eigenvalue weighted by atomic mass is 16.5. The molecule has 1 heterocycles.